The highest BCUT2D eigenvalue weighted by Crippen LogP contribution is 2.31. The number of carbonyl (C=O) groups excluding carboxylic acids is 2. The predicted octanol–water partition coefficient (Wildman–Crippen LogP) is 6.11. The van der Waals surface area contributed by atoms with Crippen molar-refractivity contribution in [1.29, 1.82) is 0 Å². The first-order valence-electron chi connectivity index (χ1n) is 13.1. The van der Waals surface area contributed by atoms with Crippen LogP contribution in [0.1, 0.15) is 30.6 Å². The standard InChI is InChI=1S/C21H18F3N3O.C6H6.C5H11NO/c1-25-20(9-13-7-15(22)11-16(23)8-13)21-17(3-2-6-26-21)14-4-5-18(24)19(10-14)27-12-28;1-2-4-6-5-3-1;1-2-3-6-4-5-7/h2-8,10-12,20,25H,9H2,1H3,(H,27,28);1-6H;5-6H,2-4H2,1H3. The summed E-state index contributed by atoms with van der Waals surface area (Å²) >= 11 is 0. The van der Waals surface area contributed by atoms with Crippen molar-refractivity contribution in [3.05, 3.63) is 120 Å². The summed E-state index contributed by atoms with van der Waals surface area (Å²) in [5.74, 6) is -1.84. The molecule has 0 fully saturated rings. The normalized spacial score (nSPS) is 10.8. The molecule has 1 aromatic heterocycles. The van der Waals surface area contributed by atoms with E-state index in [4.69, 9.17) is 0 Å². The third-order valence-corrected chi connectivity index (χ3v) is 5.69. The minimum Gasteiger partial charge on any atom is -0.326 e. The van der Waals surface area contributed by atoms with Crippen LogP contribution in [-0.2, 0) is 16.0 Å². The number of aromatic nitrogens is 1. The molecule has 216 valence electrons. The molecule has 9 heteroatoms. The minimum atomic E-state index is -0.644. The van der Waals surface area contributed by atoms with E-state index in [1.807, 2.05) is 42.5 Å². The predicted molar refractivity (Wildman–Crippen MR) is 157 cm³/mol. The van der Waals surface area contributed by atoms with Crippen molar-refractivity contribution in [3.8, 4) is 11.1 Å². The highest BCUT2D eigenvalue weighted by Gasteiger charge is 2.18. The van der Waals surface area contributed by atoms with Gasteiger partial charge in [0.2, 0.25) is 6.41 Å². The van der Waals surface area contributed by atoms with Crippen LogP contribution >= 0.6 is 0 Å². The van der Waals surface area contributed by atoms with Gasteiger partial charge in [-0.2, -0.15) is 0 Å². The zero-order valence-electron chi connectivity index (χ0n) is 23.1. The molecule has 0 spiro atoms. The van der Waals surface area contributed by atoms with Crippen LogP contribution in [0, 0.1) is 17.5 Å². The molecule has 1 amide bonds. The number of anilines is 1. The molecule has 0 saturated carbocycles. The maximum Gasteiger partial charge on any atom is 0.211 e. The maximum absolute atomic E-state index is 13.8. The van der Waals surface area contributed by atoms with E-state index in [-0.39, 0.29) is 11.7 Å². The van der Waals surface area contributed by atoms with Gasteiger partial charge in [-0.15, -0.1) is 0 Å². The second-order valence-corrected chi connectivity index (χ2v) is 8.74. The molecule has 0 bridgehead atoms. The van der Waals surface area contributed by atoms with Crippen LogP contribution in [0.2, 0.25) is 0 Å². The fourth-order valence-corrected chi connectivity index (χ4v) is 3.83. The Morgan fingerprint density at radius 1 is 0.878 bits per heavy atom. The summed E-state index contributed by atoms with van der Waals surface area (Å²) in [5, 5.41) is 8.36. The van der Waals surface area contributed by atoms with Crippen LogP contribution in [0.25, 0.3) is 11.1 Å². The molecule has 4 rings (SSSR count). The summed E-state index contributed by atoms with van der Waals surface area (Å²) in [6.07, 6.45) is 4.28. The van der Waals surface area contributed by atoms with Gasteiger partial charge in [0.15, 0.2) is 0 Å². The summed E-state index contributed by atoms with van der Waals surface area (Å²) in [6.45, 7) is 3.50. The van der Waals surface area contributed by atoms with Gasteiger partial charge in [-0.25, -0.2) is 13.2 Å². The van der Waals surface area contributed by atoms with E-state index in [9.17, 15) is 22.8 Å². The van der Waals surface area contributed by atoms with Crippen molar-refractivity contribution in [2.75, 3.05) is 25.5 Å². The summed E-state index contributed by atoms with van der Waals surface area (Å²) in [4.78, 5) is 24.7. The molecule has 1 heterocycles. The zero-order valence-corrected chi connectivity index (χ0v) is 23.1. The Morgan fingerprint density at radius 2 is 1.54 bits per heavy atom. The number of carbonyl (C=O) groups is 2. The first kappa shape index (κ1) is 32.9. The van der Waals surface area contributed by atoms with Crippen LogP contribution < -0.4 is 16.0 Å². The van der Waals surface area contributed by atoms with Crippen LogP contribution in [0.5, 0.6) is 0 Å². The molecule has 1 atom stereocenters. The number of rotatable bonds is 11. The van der Waals surface area contributed by atoms with Gasteiger partial charge in [0.05, 0.1) is 24.0 Å². The molecular weight excluding hydrogens is 529 g/mol. The van der Waals surface area contributed by atoms with E-state index in [1.54, 1.807) is 25.4 Å². The van der Waals surface area contributed by atoms with Gasteiger partial charge >= 0.3 is 0 Å². The number of nitrogens with one attached hydrogen (secondary N) is 3. The molecule has 0 aliphatic rings. The zero-order chi connectivity index (χ0) is 29.9. The molecule has 4 aromatic rings. The Morgan fingerprint density at radius 3 is 2.10 bits per heavy atom. The number of nitrogens with zero attached hydrogens (tertiary/aromatic N) is 1. The van der Waals surface area contributed by atoms with Gasteiger partial charge in [0.25, 0.3) is 0 Å². The van der Waals surface area contributed by atoms with Crippen molar-refractivity contribution in [2.45, 2.75) is 25.8 Å². The van der Waals surface area contributed by atoms with Gasteiger partial charge < -0.3 is 20.7 Å². The summed E-state index contributed by atoms with van der Waals surface area (Å²) in [6, 6.07) is 22.9. The second kappa shape index (κ2) is 18.9. The second-order valence-electron chi connectivity index (χ2n) is 8.74. The van der Waals surface area contributed by atoms with Gasteiger partial charge in [-0.1, -0.05) is 55.5 Å². The maximum atomic E-state index is 13.8. The molecule has 3 aromatic carbocycles. The third kappa shape index (κ3) is 11.7. The molecule has 0 aliphatic heterocycles. The SMILES string of the molecule is CCCNCC=O.CNC(Cc1cc(F)cc(F)c1)c1ncccc1-c1ccc(F)c(NC=O)c1.c1ccccc1. The number of aldehydes is 1. The third-order valence-electron chi connectivity index (χ3n) is 5.69. The molecule has 1 unspecified atom stereocenters. The Balaban J connectivity index is 0.000000372. The summed E-state index contributed by atoms with van der Waals surface area (Å²) < 4.78 is 40.9. The number of likely N-dealkylation sites (N-methyl/N-ethyl adjacent to an activating group) is 1. The fraction of sp³-hybridized carbons (Fsp3) is 0.219. The minimum absolute atomic E-state index is 0.0514. The van der Waals surface area contributed by atoms with Crippen molar-refractivity contribution >= 4 is 18.4 Å². The highest BCUT2D eigenvalue weighted by atomic mass is 19.1. The average molecular weight is 565 g/mol. The van der Waals surface area contributed by atoms with Crippen LogP contribution in [0.3, 0.4) is 0 Å². The van der Waals surface area contributed by atoms with Gasteiger partial charge in [0, 0.05) is 17.8 Å². The quantitative estimate of drug-likeness (QED) is 0.151. The van der Waals surface area contributed by atoms with E-state index in [1.165, 1.54) is 24.3 Å². The lowest BCUT2D eigenvalue weighted by Crippen LogP contribution is -2.21. The average Bonchev–Trinajstić information content (AvgIpc) is 2.99. The molecule has 3 N–H and O–H groups in total. The number of benzene rings is 3. The fourth-order valence-electron chi connectivity index (χ4n) is 3.83. The Labute approximate surface area is 239 Å². The lowest BCUT2D eigenvalue weighted by molar-refractivity contribution is -0.107. The van der Waals surface area contributed by atoms with E-state index in [0.29, 0.717) is 41.8 Å². The molecule has 6 nitrogen and oxygen atoms in total. The Kier molecular flexibility index (Phi) is 15.1. The monoisotopic (exact) mass is 564 g/mol. The van der Waals surface area contributed by atoms with Gasteiger partial charge in [0.1, 0.15) is 23.7 Å². The van der Waals surface area contributed by atoms with E-state index in [0.717, 1.165) is 25.3 Å². The van der Waals surface area contributed by atoms with Crippen molar-refractivity contribution in [3.63, 3.8) is 0 Å². The van der Waals surface area contributed by atoms with Crippen molar-refractivity contribution in [2.24, 2.45) is 0 Å². The van der Waals surface area contributed by atoms with Gasteiger partial charge in [-0.05, 0) is 67.9 Å². The summed E-state index contributed by atoms with van der Waals surface area (Å²) in [5.41, 5.74) is 2.54. The lowest BCUT2D eigenvalue weighted by atomic mass is 9.95. The Hall–Kier alpha value is -4.34. The molecule has 0 radical (unpaired) electrons. The molecule has 0 saturated heterocycles. The smallest absolute Gasteiger partial charge is 0.211 e. The molecule has 0 aliphatic carbocycles. The van der Waals surface area contributed by atoms with Gasteiger partial charge in [-0.3, -0.25) is 9.78 Å². The van der Waals surface area contributed by atoms with Crippen LogP contribution in [-0.4, -0.2) is 37.8 Å². The first-order chi connectivity index (χ1) is 19.9. The summed E-state index contributed by atoms with van der Waals surface area (Å²) in [7, 11) is 1.73. The van der Waals surface area contributed by atoms with Crippen LogP contribution in [0.15, 0.2) is 91.1 Å². The van der Waals surface area contributed by atoms with Crippen molar-refractivity contribution in [1.82, 2.24) is 15.6 Å². The topological polar surface area (TPSA) is 83.1 Å². The number of hydrogen-bond acceptors (Lipinski definition) is 5. The number of amides is 1. The molecule has 41 heavy (non-hydrogen) atoms. The highest BCUT2D eigenvalue weighted by molar-refractivity contribution is 5.77. The Bertz CT molecular complexity index is 1290. The molecular formula is C32H35F3N4O2. The number of hydrogen-bond donors (Lipinski definition) is 3. The van der Waals surface area contributed by atoms with Crippen molar-refractivity contribution < 1.29 is 22.8 Å². The first-order valence-corrected chi connectivity index (χ1v) is 13.1. The van der Waals surface area contributed by atoms with E-state index in [2.05, 4.69) is 27.9 Å². The van der Waals surface area contributed by atoms with Crippen LogP contribution in [0.4, 0.5) is 18.9 Å². The van der Waals surface area contributed by atoms with E-state index >= 15 is 0 Å². The van der Waals surface area contributed by atoms with E-state index < -0.39 is 17.5 Å². The number of halogens is 3. The largest absolute Gasteiger partial charge is 0.326 e. The number of pyridine rings is 1. The lowest BCUT2D eigenvalue weighted by Gasteiger charge is -2.20.